The van der Waals surface area contributed by atoms with Crippen molar-refractivity contribution < 1.29 is 0 Å². The molecule has 7 heteroatoms. The molecular weight excluding hydrogens is 356 g/mol. The molecule has 0 aliphatic carbocycles. The van der Waals surface area contributed by atoms with Crippen molar-refractivity contribution in [3.8, 4) is 10.6 Å². The van der Waals surface area contributed by atoms with E-state index in [2.05, 4.69) is 63.6 Å². The molecule has 4 rings (SSSR count). The first kappa shape index (κ1) is 17.9. The second-order valence-corrected chi connectivity index (χ2v) is 7.69. The van der Waals surface area contributed by atoms with Gasteiger partial charge in [-0.1, -0.05) is 48.6 Å². The van der Waals surface area contributed by atoms with Crippen LogP contribution in [0.1, 0.15) is 30.5 Å². The van der Waals surface area contributed by atoms with E-state index in [1.165, 1.54) is 11.1 Å². The first-order chi connectivity index (χ1) is 13.3. The van der Waals surface area contributed by atoms with Crippen LogP contribution >= 0.6 is 11.3 Å². The molecule has 0 spiro atoms. The molecule has 3 aromatic rings. The van der Waals surface area contributed by atoms with Gasteiger partial charge in [-0.05, 0) is 42.2 Å². The Morgan fingerprint density at radius 1 is 1.19 bits per heavy atom. The van der Waals surface area contributed by atoms with Crippen LogP contribution in [0.5, 0.6) is 0 Å². The highest BCUT2D eigenvalue weighted by Gasteiger charge is 2.21. The first-order valence-electron chi connectivity index (χ1n) is 9.26. The van der Waals surface area contributed by atoms with Crippen LogP contribution in [0, 0.1) is 0 Å². The summed E-state index contributed by atoms with van der Waals surface area (Å²) in [6.45, 7) is 2.71. The van der Waals surface area contributed by atoms with Crippen LogP contribution in [0.15, 0.2) is 48.5 Å². The van der Waals surface area contributed by atoms with Gasteiger partial charge in [0.15, 0.2) is 0 Å². The predicted octanol–water partition coefficient (Wildman–Crippen LogP) is 3.57. The van der Waals surface area contributed by atoms with E-state index in [4.69, 9.17) is 5.73 Å². The summed E-state index contributed by atoms with van der Waals surface area (Å²) in [5.41, 5.74) is 17.3. The number of hydrogen-bond donors (Lipinski definition) is 4. The number of nitrogens with two attached hydrogens (primary N) is 1. The molecule has 2 atom stereocenters. The Labute approximate surface area is 163 Å². The van der Waals surface area contributed by atoms with E-state index in [0.29, 0.717) is 12.6 Å². The number of hydrogen-bond acceptors (Lipinski definition) is 7. The van der Waals surface area contributed by atoms with E-state index in [-0.39, 0.29) is 6.04 Å². The smallest absolute Gasteiger partial charge is 0.206 e. The van der Waals surface area contributed by atoms with Crippen molar-refractivity contribution in [2.24, 2.45) is 5.73 Å². The lowest BCUT2D eigenvalue weighted by molar-refractivity contribution is 0.605. The Kier molecular flexibility index (Phi) is 5.33. The Morgan fingerprint density at radius 2 is 2.04 bits per heavy atom. The zero-order valence-electron chi connectivity index (χ0n) is 15.3. The van der Waals surface area contributed by atoms with E-state index in [1.807, 2.05) is 18.2 Å². The molecule has 0 saturated heterocycles. The highest BCUT2D eigenvalue weighted by molar-refractivity contribution is 7.18. The van der Waals surface area contributed by atoms with Crippen LogP contribution in [0.3, 0.4) is 0 Å². The number of anilines is 2. The minimum Gasteiger partial charge on any atom is -0.356 e. The normalized spacial score (nSPS) is 16.6. The third-order valence-corrected chi connectivity index (χ3v) is 5.73. The van der Waals surface area contributed by atoms with E-state index >= 15 is 0 Å². The molecule has 0 bridgehead atoms. The molecule has 0 saturated carbocycles. The lowest BCUT2D eigenvalue weighted by Gasteiger charge is -2.15. The fraction of sp³-hybridized carbons (Fsp3) is 0.300. The van der Waals surface area contributed by atoms with Crippen molar-refractivity contribution in [3.63, 3.8) is 0 Å². The fourth-order valence-electron chi connectivity index (χ4n) is 3.33. The third-order valence-electron chi connectivity index (χ3n) is 4.83. The maximum atomic E-state index is 5.96. The topological polar surface area (TPSA) is 87.9 Å². The van der Waals surface area contributed by atoms with Crippen molar-refractivity contribution in [2.75, 3.05) is 17.3 Å². The molecule has 1 aromatic heterocycles. The highest BCUT2D eigenvalue weighted by Crippen LogP contribution is 2.35. The molecule has 0 amide bonds. The zero-order chi connectivity index (χ0) is 18.6. The molecular formula is C20H24N6S. The molecule has 1 aliphatic rings. The summed E-state index contributed by atoms with van der Waals surface area (Å²) in [5.74, 6) is 0. The maximum Gasteiger partial charge on any atom is 0.206 e. The second kappa shape index (κ2) is 8.04. The summed E-state index contributed by atoms with van der Waals surface area (Å²) in [5, 5.41) is 13.9. The molecule has 5 N–H and O–H groups in total. The number of benzene rings is 2. The van der Waals surface area contributed by atoms with Gasteiger partial charge in [0.1, 0.15) is 5.01 Å². The van der Waals surface area contributed by atoms with Crippen molar-refractivity contribution >= 4 is 22.2 Å². The molecule has 2 aromatic carbocycles. The fourth-order valence-corrected chi connectivity index (χ4v) is 4.14. The van der Waals surface area contributed by atoms with Crippen LogP contribution in [0.2, 0.25) is 0 Å². The van der Waals surface area contributed by atoms with Gasteiger partial charge in [-0.2, -0.15) is 0 Å². The Bertz CT molecular complexity index is 894. The van der Waals surface area contributed by atoms with Crippen LogP contribution in [-0.2, 0) is 6.42 Å². The van der Waals surface area contributed by atoms with Gasteiger partial charge in [-0.15, -0.1) is 10.2 Å². The summed E-state index contributed by atoms with van der Waals surface area (Å²) in [7, 11) is 0. The number of rotatable bonds is 7. The monoisotopic (exact) mass is 380 g/mol. The quantitative estimate of drug-likeness (QED) is 0.501. The first-order valence-corrected chi connectivity index (χ1v) is 10.1. The summed E-state index contributed by atoms with van der Waals surface area (Å²) >= 11 is 1.56. The molecule has 27 heavy (non-hydrogen) atoms. The van der Waals surface area contributed by atoms with Crippen LogP contribution < -0.4 is 21.9 Å². The molecule has 6 nitrogen and oxygen atoms in total. The van der Waals surface area contributed by atoms with E-state index < -0.39 is 0 Å². The number of aromatic nitrogens is 2. The summed E-state index contributed by atoms with van der Waals surface area (Å²) < 4.78 is 0. The van der Waals surface area contributed by atoms with Crippen molar-refractivity contribution in [1.82, 2.24) is 15.6 Å². The van der Waals surface area contributed by atoms with Crippen LogP contribution in [0.25, 0.3) is 10.6 Å². The van der Waals surface area contributed by atoms with Gasteiger partial charge in [-0.25, -0.2) is 5.43 Å². The van der Waals surface area contributed by atoms with Crippen LogP contribution in [0.4, 0.5) is 10.8 Å². The highest BCUT2D eigenvalue weighted by atomic mass is 32.1. The van der Waals surface area contributed by atoms with Gasteiger partial charge in [0.05, 0.1) is 11.7 Å². The van der Waals surface area contributed by atoms with Crippen molar-refractivity contribution in [1.29, 1.82) is 0 Å². The average molecular weight is 381 g/mol. The summed E-state index contributed by atoms with van der Waals surface area (Å²) in [6.07, 6.45) is 1.89. The summed E-state index contributed by atoms with van der Waals surface area (Å²) in [4.78, 5) is 0. The van der Waals surface area contributed by atoms with Gasteiger partial charge in [0.25, 0.3) is 0 Å². The summed E-state index contributed by atoms with van der Waals surface area (Å²) in [6, 6.07) is 17.2. The molecule has 0 radical (unpaired) electrons. The molecule has 1 unspecified atom stereocenters. The van der Waals surface area contributed by atoms with Crippen molar-refractivity contribution in [2.45, 2.75) is 31.8 Å². The number of nitrogens with one attached hydrogen (secondary N) is 3. The third kappa shape index (κ3) is 3.95. The average Bonchev–Trinajstić information content (AvgIpc) is 3.34. The maximum absolute atomic E-state index is 5.96. The van der Waals surface area contributed by atoms with Crippen LogP contribution in [-0.4, -0.2) is 22.8 Å². The van der Waals surface area contributed by atoms with Gasteiger partial charge in [-0.3, -0.25) is 0 Å². The zero-order valence-corrected chi connectivity index (χ0v) is 16.1. The Balaban J connectivity index is 1.48. The molecule has 1 aliphatic heterocycles. The van der Waals surface area contributed by atoms with E-state index in [1.54, 1.807) is 11.3 Å². The minimum absolute atomic E-state index is 0.131. The molecule has 0 fully saturated rings. The standard InChI is InChI=1S/C20H24N6S/c1-2-17-16-11-14(8-9-18(16)24-23-17)19-25-26-20(27-19)22-15(12-21)10-13-6-4-3-5-7-13/h3-9,11,15,17,23-24H,2,10,12,21H2,1H3,(H,22,26)/t15-,17?/m1/s1. The van der Waals surface area contributed by atoms with Gasteiger partial charge >= 0.3 is 0 Å². The lowest BCUT2D eigenvalue weighted by atomic mass is 10.0. The molecule has 140 valence electrons. The predicted molar refractivity (Wildman–Crippen MR) is 112 cm³/mol. The minimum atomic E-state index is 0.131. The van der Waals surface area contributed by atoms with E-state index in [0.717, 1.165) is 34.2 Å². The Hall–Kier alpha value is -2.48. The lowest BCUT2D eigenvalue weighted by Crippen LogP contribution is -2.30. The SMILES string of the molecule is CCC1NNc2ccc(-c3nnc(N[C@@H](CN)Cc4ccccc4)s3)cc21. The number of hydrazine groups is 1. The number of nitrogens with zero attached hydrogens (tertiary/aromatic N) is 2. The Morgan fingerprint density at radius 3 is 2.81 bits per heavy atom. The molecule has 2 heterocycles. The largest absolute Gasteiger partial charge is 0.356 e. The van der Waals surface area contributed by atoms with Gasteiger partial charge in [0.2, 0.25) is 5.13 Å². The second-order valence-electron chi connectivity index (χ2n) is 6.71. The van der Waals surface area contributed by atoms with Crippen molar-refractivity contribution in [3.05, 3.63) is 59.7 Å². The van der Waals surface area contributed by atoms with Gasteiger partial charge in [0, 0.05) is 18.2 Å². The number of fused-ring (bicyclic) bond motifs is 1. The van der Waals surface area contributed by atoms with Gasteiger partial charge < -0.3 is 16.5 Å². The van der Waals surface area contributed by atoms with E-state index in [9.17, 15) is 0 Å².